The molecule has 0 saturated carbocycles. The second-order valence-electron chi connectivity index (χ2n) is 6.40. The predicted molar refractivity (Wildman–Crippen MR) is 106 cm³/mol. The van der Waals surface area contributed by atoms with Crippen molar-refractivity contribution in [1.29, 1.82) is 0 Å². The van der Waals surface area contributed by atoms with Crippen molar-refractivity contribution in [3.05, 3.63) is 49.6 Å². The molecule has 0 unspecified atom stereocenters. The Balaban J connectivity index is 2.02. The third-order valence-corrected chi connectivity index (χ3v) is 6.50. The van der Waals surface area contributed by atoms with Crippen molar-refractivity contribution in [2.75, 3.05) is 32.8 Å². The van der Waals surface area contributed by atoms with Crippen LogP contribution in [-0.4, -0.2) is 56.3 Å². The van der Waals surface area contributed by atoms with Crippen molar-refractivity contribution < 1.29 is 17.9 Å². The monoisotopic (exact) mass is 392 g/mol. The molecule has 1 aliphatic heterocycles. The van der Waals surface area contributed by atoms with Gasteiger partial charge in [0.25, 0.3) is 0 Å². The van der Waals surface area contributed by atoms with Gasteiger partial charge in [0.05, 0.1) is 11.5 Å². The summed E-state index contributed by atoms with van der Waals surface area (Å²) in [5.74, 6) is 0.509. The summed E-state index contributed by atoms with van der Waals surface area (Å²) in [6, 6.07) is 6.45. The number of benzene rings is 1. The zero-order valence-corrected chi connectivity index (χ0v) is 16.7. The Morgan fingerprint density at radius 1 is 1.19 bits per heavy atom. The van der Waals surface area contributed by atoms with E-state index < -0.39 is 10.0 Å². The Labute approximate surface area is 162 Å². The molecule has 1 saturated heterocycles. The zero-order valence-electron chi connectivity index (χ0n) is 15.8. The van der Waals surface area contributed by atoms with Gasteiger partial charge in [-0.2, -0.15) is 4.31 Å². The van der Waals surface area contributed by atoms with Crippen LogP contribution in [0.1, 0.15) is 19.8 Å². The molecule has 1 amide bonds. The van der Waals surface area contributed by atoms with Gasteiger partial charge in [-0.3, -0.25) is 4.79 Å². The number of nitrogens with zero attached hydrogens (tertiary/aromatic N) is 2. The molecule has 27 heavy (non-hydrogen) atoms. The highest BCUT2D eigenvalue weighted by molar-refractivity contribution is 7.89. The summed E-state index contributed by atoms with van der Waals surface area (Å²) in [7, 11) is -3.56. The number of piperidine rings is 1. The van der Waals surface area contributed by atoms with Crippen LogP contribution in [0.25, 0.3) is 0 Å². The van der Waals surface area contributed by atoms with Crippen molar-refractivity contribution in [2.45, 2.75) is 24.7 Å². The summed E-state index contributed by atoms with van der Waals surface area (Å²) < 4.78 is 32.5. The van der Waals surface area contributed by atoms with Crippen molar-refractivity contribution >= 4 is 15.9 Å². The second kappa shape index (κ2) is 9.71. The van der Waals surface area contributed by atoms with Crippen LogP contribution in [0.15, 0.2) is 54.5 Å². The van der Waals surface area contributed by atoms with Crippen LogP contribution in [-0.2, 0) is 14.8 Å². The molecule has 0 bridgehead atoms. The van der Waals surface area contributed by atoms with E-state index in [-0.39, 0.29) is 16.7 Å². The molecule has 1 fully saturated rings. The van der Waals surface area contributed by atoms with Gasteiger partial charge < -0.3 is 9.64 Å². The van der Waals surface area contributed by atoms with Crippen LogP contribution >= 0.6 is 0 Å². The first-order valence-electron chi connectivity index (χ1n) is 9.17. The lowest BCUT2D eigenvalue weighted by atomic mass is 9.96. The van der Waals surface area contributed by atoms with Crippen LogP contribution in [0.3, 0.4) is 0 Å². The molecule has 0 atom stereocenters. The minimum Gasteiger partial charge on any atom is -0.494 e. The first-order valence-corrected chi connectivity index (χ1v) is 10.6. The molecule has 1 aliphatic rings. The van der Waals surface area contributed by atoms with Crippen molar-refractivity contribution in [2.24, 2.45) is 5.92 Å². The van der Waals surface area contributed by atoms with Gasteiger partial charge in [-0.1, -0.05) is 12.2 Å². The molecule has 1 heterocycles. The van der Waals surface area contributed by atoms with E-state index in [4.69, 9.17) is 4.74 Å². The molecular formula is C20H28N2O4S. The van der Waals surface area contributed by atoms with Crippen LogP contribution in [0.4, 0.5) is 0 Å². The lowest BCUT2D eigenvalue weighted by molar-refractivity contribution is -0.135. The molecule has 0 aromatic heterocycles. The smallest absolute Gasteiger partial charge is 0.243 e. The Morgan fingerprint density at radius 3 is 2.22 bits per heavy atom. The second-order valence-corrected chi connectivity index (χ2v) is 8.34. The summed E-state index contributed by atoms with van der Waals surface area (Å²) in [6.07, 6.45) is 4.40. The number of carbonyl (C=O) groups excluding carboxylic acids is 1. The topological polar surface area (TPSA) is 66.9 Å². The van der Waals surface area contributed by atoms with E-state index in [1.807, 2.05) is 6.92 Å². The lowest BCUT2D eigenvalue weighted by Gasteiger charge is -2.33. The van der Waals surface area contributed by atoms with Gasteiger partial charge >= 0.3 is 0 Å². The lowest BCUT2D eigenvalue weighted by Crippen LogP contribution is -2.44. The van der Waals surface area contributed by atoms with Crippen molar-refractivity contribution in [1.82, 2.24) is 9.21 Å². The highest BCUT2D eigenvalue weighted by atomic mass is 32.2. The largest absolute Gasteiger partial charge is 0.494 e. The fourth-order valence-electron chi connectivity index (χ4n) is 3.19. The average Bonchev–Trinajstić information content (AvgIpc) is 2.68. The maximum atomic E-state index is 12.8. The quantitative estimate of drug-likeness (QED) is 0.606. The Bertz CT molecular complexity index is 741. The molecule has 0 spiro atoms. The van der Waals surface area contributed by atoms with E-state index in [1.165, 1.54) is 4.31 Å². The average molecular weight is 393 g/mol. The number of sulfonamides is 1. The zero-order chi connectivity index (χ0) is 19.9. The third-order valence-electron chi connectivity index (χ3n) is 4.59. The van der Waals surface area contributed by atoms with E-state index >= 15 is 0 Å². The summed E-state index contributed by atoms with van der Waals surface area (Å²) in [5.41, 5.74) is 0. The fraction of sp³-hybridized carbons (Fsp3) is 0.450. The van der Waals surface area contributed by atoms with Crippen LogP contribution in [0, 0.1) is 5.92 Å². The molecule has 0 aliphatic carbocycles. The first kappa shape index (κ1) is 21.2. The number of hydrogen-bond donors (Lipinski definition) is 0. The van der Waals surface area contributed by atoms with Crippen molar-refractivity contribution in [3.8, 4) is 5.75 Å². The van der Waals surface area contributed by atoms with E-state index in [2.05, 4.69) is 13.2 Å². The molecule has 2 rings (SSSR count). The molecule has 6 nitrogen and oxygen atoms in total. The summed E-state index contributed by atoms with van der Waals surface area (Å²) in [4.78, 5) is 14.6. The third kappa shape index (κ3) is 5.20. The highest BCUT2D eigenvalue weighted by Crippen LogP contribution is 2.26. The fourth-order valence-corrected chi connectivity index (χ4v) is 4.66. The molecule has 1 aromatic carbocycles. The number of ether oxygens (including phenoxy) is 1. The van der Waals surface area contributed by atoms with Gasteiger partial charge in [-0.15, -0.1) is 13.2 Å². The predicted octanol–water partition coefficient (Wildman–Crippen LogP) is 2.69. The van der Waals surface area contributed by atoms with Gasteiger partial charge in [-0.05, 0) is 44.0 Å². The van der Waals surface area contributed by atoms with Crippen LogP contribution in [0.5, 0.6) is 5.75 Å². The van der Waals surface area contributed by atoms with Gasteiger partial charge in [0.15, 0.2) is 0 Å². The van der Waals surface area contributed by atoms with Crippen molar-refractivity contribution in [3.63, 3.8) is 0 Å². The number of carbonyl (C=O) groups is 1. The van der Waals surface area contributed by atoms with E-state index in [9.17, 15) is 13.2 Å². The Morgan fingerprint density at radius 2 is 1.74 bits per heavy atom. The molecule has 0 radical (unpaired) electrons. The van der Waals surface area contributed by atoms with Gasteiger partial charge in [0, 0.05) is 32.1 Å². The summed E-state index contributed by atoms with van der Waals surface area (Å²) >= 11 is 0. The summed E-state index contributed by atoms with van der Waals surface area (Å²) in [5, 5.41) is 0. The van der Waals surface area contributed by atoms with E-state index in [1.54, 1.807) is 41.3 Å². The first-order chi connectivity index (χ1) is 12.9. The molecular weight excluding hydrogens is 364 g/mol. The van der Waals surface area contributed by atoms with Crippen LogP contribution < -0.4 is 4.74 Å². The SMILES string of the molecule is C=CCN(CC=C)C(=O)C1CCN(S(=O)(=O)c2ccc(OCC)cc2)CC1. The molecule has 1 aromatic rings. The number of hydrogen-bond acceptors (Lipinski definition) is 4. The molecule has 7 heteroatoms. The number of rotatable bonds is 9. The minimum atomic E-state index is -3.56. The standard InChI is InChI=1S/C20H28N2O4S/c1-4-13-21(14-5-2)20(23)17-11-15-22(16-12-17)27(24,25)19-9-7-18(8-10-19)26-6-3/h4-5,7-10,17H,1-2,6,11-16H2,3H3. The highest BCUT2D eigenvalue weighted by Gasteiger charge is 2.33. The number of amides is 1. The molecule has 148 valence electrons. The summed E-state index contributed by atoms with van der Waals surface area (Å²) in [6.45, 7) is 11.4. The van der Waals surface area contributed by atoms with E-state index in [0.717, 1.165) is 0 Å². The van der Waals surface area contributed by atoms with Crippen LogP contribution in [0.2, 0.25) is 0 Å². The maximum absolute atomic E-state index is 12.8. The minimum absolute atomic E-state index is 0.0351. The van der Waals surface area contributed by atoms with E-state index in [0.29, 0.717) is 51.4 Å². The Hall–Kier alpha value is -2.12. The Kier molecular flexibility index (Phi) is 7.62. The normalized spacial score (nSPS) is 15.9. The molecule has 0 N–H and O–H groups in total. The maximum Gasteiger partial charge on any atom is 0.243 e. The van der Waals surface area contributed by atoms with Gasteiger partial charge in [0.1, 0.15) is 5.75 Å². The van der Waals surface area contributed by atoms with Gasteiger partial charge in [0.2, 0.25) is 15.9 Å². The van der Waals surface area contributed by atoms with Gasteiger partial charge in [-0.25, -0.2) is 8.42 Å².